The number of halogens is 3. The molecule has 1 aliphatic rings. The number of carbonyl (C=O) groups is 1. The number of hydrogen-bond acceptors (Lipinski definition) is 6. The Morgan fingerprint density at radius 1 is 1.22 bits per heavy atom. The molecule has 0 bridgehead atoms. The normalized spacial score (nSPS) is 16.5. The zero-order chi connectivity index (χ0) is 23.5. The van der Waals surface area contributed by atoms with Crippen LogP contribution in [0, 0.1) is 6.92 Å². The number of nitrogens with zero attached hydrogens (tertiary/aromatic N) is 2. The van der Waals surface area contributed by atoms with Crippen molar-refractivity contribution >= 4 is 33.4 Å². The molecule has 0 saturated carbocycles. The van der Waals surface area contributed by atoms with Gasteiger partial charge in [0.25, 0.3) is 0 Å². The molecular formula is C20H22F3N3O4S2. The molecule has 1 atom stereocenters. The molecule has 32 heavy (non-hydrogen) atoms. The molecule has 2 heterocycles. The molecule has 1 aromatic carbocycles. The number of carbonyl (C=O) groups excluding carboxylic acids is 1. The van der Waals surface area contributed by atoms with Crippen LogP contribution in [-0.2, 0) is 25.7 Å². The Morgan fingerprint density at radius 2 is 1.91 bits per heavy atom. The van der Waals surface area contributed by atoms with Gasteiger partial charge in [0.2, 0.25) is 15.9 Å². The fraction of sp³-hybridized carbons (Fsp3) is 0.400. The molecule has 0 spiro atoms. The second-order valence-electron chi connectivity index (χ2n) is 7.13. The van der Waals surface area contributed by atoms with Gasteiger partial charge in [-0.2, -0.15) is 17.5 Å². The van der Waals surface area contributed by atoms with E-state index in [2.05, 4.69) is 10.3 Å². The Morgan fingerprint density at radius 3 is 2.50 bits per heavy atom. The third-order valence-electron chi connectivity index (χ3n) is 4.77. The molecule has 1 saturated heterocycles. The average molecular weight is 490 g/mol. The molecule has 3 rings (SSSR count). The largest absolute Gasteiger partial charge is 0.417 e. The predicted octanol–water partition coefficient (Wildman–Crippen LogP) is 3.55. The smallest absolute Gasteiger partial charge is 0.379 e. The van der Waals surface area contributed by atoms with Crippen molar-refractivity contribution in [2.75, 3.05) is 31.6 Å². The van der Waals surface area contributed by atoms with Gasteiger partial charge < -0.3 is 10.1 Å². The van der Waals surface area contributed by atoms with Crippen molar-refractivity contribution in [2.24, 2.45) is 0 Å². The lowest BCUT2D eigenvalue weighted by Crippen LogP contribution is -2.40. The van der Waals surface area contributed by atoms with Crippen LogP contribution < -0.4 is 5.32 Å². The minimum absolute atomic E-state index is 0.0990. The zero-order valence-electron chi connectivity index (χ0n) is 17.3. The molecule has 0 aliphatic carbocycles. The molecule has 1 aromatic heterocycles. The number of thioether (sulfide) groups is 1. The second-order valence-corrected chi connectivity index (χ2v) is 10.4. The Labute approximate surface area is 188 Å². The number of morpholine rings is 1. The number of benzene rings is 1. The van der Waals surface area contributed by atoms with E-state index >= 15 is 0 Å². The average Bonchev–Trinajstić information content (AvgIpc) is 2.75. The van der Waals surface area contributed by atoms with Gasteiger partial charge in [-0.1, -0.05) is 17.8 Å². The summed E-state index contributed by atoms with van der Waals surface area (Å²) in [5, 5.41) is 2.25. The highest BCUT2D eigenvalue weighted by Crippen LogP contribution is 2.31. The summed E-state index contributed by atoms with van der Waals surface area (Å²) in [5.74, 6) is -0.435. The van der Waals surface area contributed by atoms with E-state index in [4.69, 9.17) is 4.74 Å². The summed E-state index contributed by atoms with van der Waals surface area (Å²) in [7, 11) is -3.74. The lowest BCUT2D eigenvalue weighted by molar-refractivity contribution is -0.137. The first-order valence-electron chi connectivity index (χ1n) is 9.68. The van der Waals surface area contributed by atoms with Crippen molar-refractivity contribution in [1.29, 1.82) is 0 Å². The first kappa shape index (κ1) is 24.5. The number of pyridine rings is 1. The quantitative estimate of drug-likeness (QED) is 0.625. The van der Waals surface area contributed by atoms with Gasteiger partial charge in [0, 0.05) is 25.0 Å². The molecule has 1 aliphatic heterocycles. The van der Waals surface area contributed by atoms with Crippen LogP contribution in [0.2, 0.25) is 0 Å². The minimum Gasteiger partial charge on any atom is -0.379 e. The van der Waals surface area contributed by atoms with Gasteiger partial charge in [0.05, 0.1) is 33.9 Å². The summed E-state index contributed by atoms with van der Waals surface area (Å²) in [6.07, 6.45) is -3.76. The van der Waals surface area contributed by atoms with Crippen LogP contribution in [0.15, 0.2) is 46.5 Å². The minimum atomic E-state index is -4.48. The van der Waals surface area contributed by atoms with Crippen molar-refractivity contribution in [3.05, 3.63) is 47.7 Å². The summed E-state index contributed by atoms with van der Waals surface area (Å²) >= 11 is 0.995. The first-order chi connectivity index (χ1) is 15.0. The van der Waals surface area contributed by atoms with Crippen LogP contribution >= 0.6 is 11.8 Å². The van der Waals surface area contributed by atoms with E-state index in [0.717, 1.165) is 24.0 Å². The fourth-order valence-corrected chi connectivity index (χ4v) is 5.43. The zero-order valence-corrected chi connectivity index (χ0v) is 19.0. The number of rotatable bonds is 6. The van der Waals surface area contributed by atoms with Crippen molar-refractivity contribution in [2.45, 2.75) is 35.2 Å². The van der Waals surface area contributed by atoms with Crippen LogP contribution in [0.5, 0.6) is 0 Å². The molecule has 1 N–H and O–H groups in total. The van der Waals surface area contributed by atoms with Gasteiger partial charge in [-0.3, -0.25) is 4.79 Å². The topological polar surface area (TPSA) is 88.6 Å². The van der Waals surface area contributed by atoms with Crippen LogP contribution in [0.3, 0.4) is 0 Å². The predicted molar refractivity (Wildman–Crippen MR) is 114 cm³/mol. The lowest BCUT2D eigenvalue weighted by atomic mass is 10.2. The van der Waals surface area contributed by atoms with E-state index in [9.17, 15) is 26.4 Å². The molecular weight excluding hydrogens is 467 g/mol. The van der Waals surface area contributed by atoms with Crippen molar-refractivity contribution in [3.63, 3.8) is 0 Å². The number of sulfonamides is 1. The van der Waals surface area contributed by atoms with Crippen LogP contribution in [0.1, 0.15) is 18.1 Å². The lowest BCUT2D eigenvalue weighted by Gasteiger charge is -2.27. The van der Waals surface area contributed by atoms with Crippen LogP contribution in [0.25, 0.3) is 0 Å². The summed E-state index contributed by atoms with van der Waals surface area (Å²) in [5.41, 5.74) is -0.0150. The third-order valence-corrected chi connectivity index (χ3v) is 7.87. The standard InChI is InChI=1S/C20H22F3N3O4S2/c1-13-3-5-16(11-17(13)32(28,29)26-7-9-30-10-8-26)25-19(27)14(2)31-18-6-4-15(12-24-18)20(21,22)23/h3-6,11-12,14H,7-10H2,1-2H3,(H,25,27). The van der Waals surface area contributed by atoms with Crippen LogP contribution in [0.4, 0.5) is 18.9 Å². The maximum absolute atomic E-state index is 13.0. The van der Waals surface area contributed by atoms with E-state index in [1.54, 1.807) is 26.0 Å². The SMILES string of the molecule is Cc1ccc(NC(=O)C(C)Sc2ccc(C(F)(F)F)cn2)cc1S(=O)(=O)N1CCOCC1. The third kappa shape index (κ3) is 5.80. The number of aryl methyl sites for hydroxylation is 1. The molecule has 12 heteroatoms. The van der Waals surface area contributed by atoms with Gasteiger partial charge in [-0.15, -0.1) is 0 Å². The molecule has 0 radical (unpaired) electrons. The number of alkyl halides is 3. The van der Waals surface area contributed by atoms with Crippen molar-refractivity contribution in [3.8, 4) is 0 Å². The molecule has 1 amide bonds. The van der Waals surface area contributed by atoms with E-state index in [1.807, 2.05) is 0 Å². The summed E-state index contributed by atoms with van der Waals surface area (Å²) in [4.78, 5) is 16.4. The van der Waals surface area contributed by atoms with E-state index in [-0.39, 0.29) is 23.0 Å². The van der Waals surface area contributed by atoms with Gasteiger partial charge >= 0.3 is 6.18 Å². The Balaban J connectivity index is 1.70. The first-order valence-corrected chi connectivity index (χ1v) is 12.0. The second kappa shape index (κ2) is 9.77. The van der Waals surface area contributed by atoms with Crippen molar-refractivity contribution in [1.82, 2.24) is 9.29 Å². The number of nitrogens with one attached hydrogen (secondary N) is 1. The maximum Gasteiger partial charge on any atom is 0.417 e. The Kier molecular flexibility index (Phi) is 7.48. The molecule has 1 fully saturated rings. The monoisotopic (exact) mass is 489 g/mol. The highest BCUT2D eigenvalue weighted by Gasteiger charge is 2.31. The van der Waals surface area contributed by atoms with Gasteiger partial charge in [0.1, 0.15) is 0 Å². The fourth-order valence-electron chi connectivity index (χ4n) is 2.98. The highest BCUT2D eigenvalue weighted by atomic mass is 32.2. The van der Waals surface area contributed by atoms with E-state index < -0.39 is 32.9 Å². The molecule has 2 aromatic rings. The summed E-state index contributed by atoms with van der Waals surface area (Å²) in [6, 6.07) is 6.72. The van der Waals surface area contributed by atoms with Gasteiger partial charge in [-0.05, 0) is 43.7 Å². The Bertz CT molecular complexity index is 1070. The molecule has 7 nitrogen and oxygen atoms in total. The summed E-state index contributed by atoms with van der Waals surface area (Å²) < 4.78 is 70.5. The number of anilines is 1. The number of amides is 1. The maximum atomic E-state index is 13.0. The number of ether oxygens (including phenoxy) is 1. The van der Waals surface area contributed by atoms with E-state index in [1.165, 1.54) is 16.4 Å². The van der Waals surface area contributed by atoms with Gasteiger partial charge in [-0.25, -0.2) is 13.4 Å². The number of aromatic nitrogens is 1. The molecule has 1 unspecified atom stereocenters. The number of hydrogen-bond donors (Lipinski definition) is 1. The van der Waals surface area contributed by atoms with Gasteiger partial charge in [0.15, 0.2) is 0 Å². The van der Waals surface area contributed by atoms with Crippen molar-refractivity contribution < 1.29 is 31.1 Å². The molecule has 174 valence electrons. The Hall–Kier alpha value is -2.15. The van der Waals surface area contributed by atoms with Crippen LogP contribution in [-0.4, -0.2) is 55.2 Å². The highest BCUT2D eigenvalue weighted by molar-refractivity contribution is 8.00. The summed E-state index contributed by atoms with van der Waals surface area (Å²) in [6.45, 7) is 4.41. The van der Waals surface area contributed by atoms with E-state index in [0.29, 0.717) is 24.5 Å².